The van der Waals surface area contributed by atoms with Crippen molar-refractivity contribution in [3.05, 3.63) is 35.9 Å². The van der Waals surface area contributed by atoms with Crippen LogP contribution in [0.1, 0.15) is 18.4 Å². The number of halogens is 1. The number of likely N-dealkylation sites (tertiary alicyclic amines) is 1. The lowest BCUT2D eigenvalue weighted by Crippen LogP contribution is -2.36. The largest absolute Gasteiger partial charge is 0.297 e. The number of nitrogens with zero attached hydrogens (tertiary/aromatic N) is 1. The van der Waals surface area contributed by atoms with Crippen molar-refractivity contribution in [3.8, 4) is 0 Å². The van der Waals surface area contributed by atoms with Crippen LogP contribution in [0.4, 0.5) is 0 Å². The van der Waals surface area contributed by atoms with Gasteiger partial charge in [0.1, 0.15) is 0 Å². The number of rotatable bonds is 4. The van der Waals surface area contributed by atoms with Gasteiger partial charge >= 0.3 is 0 Å². The van der Waals surface area contributed by atoms with E-state index in [-0.39, 0.29) is 17.7 Å². The fourth-order valence-electron chi connectivity index (χ4n) is 2.29. The van der Waals surface area contributed by atoms with Crippen LogP contribution in [-0.4, -0.2) is 29.1 Å². The minimum Gasteiger partial charge on any atom is -0.297 e. The first-order valence-electron chi connectivity index (χ1n) is 5.68. The predicted octanol–water partition coefficient (Wildman–Crippen LogP) is 2.46. The zero-order valence-corrected chi connectivity index (χ0v) is 9.99. The van der Waals surface area contributed by atoms with Crippen molar-refractivity contribution in [1.29, 1.82) is 0 Å². The molecule has 1 fully saturated rings. The highest BCUT2D eigenvalue weighted by Crippen LogP contribution is 2.21. The molecule has 0 amide bonds. The molecular formula is C13H16ClNO. The van der Waals surface area contributed by atoms with Crippen molar-refractivity contribution >= 4 is 17.4 Å². The Morgan fingerprint density at radius 1 is 1.38 bits per heavy atom. The van der Waals surface area contributed by atoms with Crippen LogP contribution < -0.4 is 0 Å². The highest BCUT2D eigenvalue weighted by Gasteiger charge is 2.29. The van der Waals surface area contributed by atoms with Gasteiger partial charge in [-0.2, -0.15) is 0 Å². The molecule has 1 aromatic carbocycles. The van der Waals surface area contributed by atoms with Crippen LogP contribution in [0, 0.1) is 0 Å². The molecule has 3 heteroatoms. The number of hydrogen-bond acceptors (Lipinski definition) is 2. The topological polar surface area (TPSA) is 20.3 Å². The zero-order chi connectivity index (χ0) is 11.4. The maximum Gasteiger partial charge on any atom is 0.164 e. The molecule has 16 heavy (non-hydrogen) atoms. The van der Waals surface area contributed by atoms with E-state index in [9.17, 15) is 4.79 Å². The van der Waals surface area contributed by atoms with Crippen LogP contribution in [0.5, 0.6) is 0 Å². The summed E-state index contributed by atoms with van der Waals surface area (Å²) in [5.41, 5.74) is 1.26. The van der Waals surface area contributed by atoms with Crippen molar-refractivity contribution in [1.82, 2.24) is 4.90 Å². The molecule has 0 spiro atoms. The van der Waals surface area contributed by atoms with Crippen molar-refractivity contribution in [3.63, 3.8) is 0 Å². The van der Waals surface area contributed by atoms with Gasteiger partial charge in [0.2, 0.25) is 0 Å². The second-order valence-corrected chi connectivity index (χ2v) is 4.48. The highest BCUT2D eigenvalue weighted by molar-refractivity contribution is 6.28. The van der Waals surface area contributed by atoms with Gasteiger partial charge in [-0.3, -0.25) is 9.69 Å². The van der Waals surface area contributed by atoms with Crippen LogP contribution >= 0.6 is 11.6 Å². The summed E-state index contributed by atoms with van der Waals surface area (Å²) in [6.45, 7) is 1.86. The first kappa shape index (κ1) is 11.6. The van der Waals surface area contributed by atoms with E-state index in [1.54, 1.807) is 0 Å². The van der Waals surface area contributed by atoms with Crippen molar-refractivity contribution in [2.75, 3.05) is 12.4 Å². The SMILES string of the molecule is O=C(CCl)C1CCCN1Cc1ccccc1. The second kappa shape index (κ2) is 5.46. The molecule has 1 aromatic rings. The molecular weight excluding hydrogens is 222 g/mol. The molecule has 0 saturated carbocycles. The Morgan fingerprint density at radius 3 is 2.81 bits per heavy atom. The maximum absolute atomic E-state index is 11.6. The maximum atomic E-state index is 11.6. The molecule has 1 aliphatic rings. The molecule has 2 rings (SSSR count). The molecule has 0 aromatic heterocycles. The van der Waals surface area contributed by atoms with Gasteiger partial charge in [0.15, 0.2) is 5.78 Å². The summed E-state index contributed by atoms with van der Waals surface area (Å²) in [5, 5.41) is 0. The monoisotopic (exact) mass is 237 g/mol. The fraction of sp³-hybridized carbons (Fsp3) is 0.462. The molecule has 1 atom stereocenters. The summed E-state index contributed by atoms with van der Waals surface area (Å²) in [4.78, 5) is 13.9. The van der Waals surface area contributed by atoms with Gasteiger partial charge in [0.25, 0.3) is 0 Å². The standard InChI is InChI=1S/C13H16ClNO/c14-9-13(16)12-7-4-8-15(12)10-11-5-2-1-3-6-11/h1-3,5-6,12H,4,7-10H2. The lowest BCUT2D eigenvalue weighted by atomic mass is 10.1. The number of Topliss-reactive ketones (excluding diaryl/α,β-unsaturated/α-hetero) is 1. The minimum absolute atomic E-state index is 0.0395. The Balaban J connectivity index is 2.01. The Labute approximate surface area is 101 Å². The number of carbonyl (C=O) groups is 1. The van der Waals surface area contributed by atoms with Gasteiger partial charge < -0.3 is 0 Å². The number of hydrogen-bond donors (Lipinski definition) is 0. The smallest absolute Gasteiger partial charge is 0.164 e. The van der Waals surface area contributed by atoms with Crippen LogP contribution in [0.25, 0.3) is 0 Å². The van der Waals surface area contributed by atoms with Gasteiger partial charge in [0.05, 0.1) is 11.9 Å². The van der Waals surface area contributed by atoms with Gasteiger partial charge in [-0.1, -0.05) is 30.3 Å². The molecule has 1 aliphatic heterocycles. The van der Waals surface area contributed by atoms with Crippen LogP contribution in [-0.2, 0) is 11.3 Å². The Hall–Kier alpha value is -0.860. The first-order valence-corrected chi connectivity index (χ1v) is 6.21. The van der Waals surface area contributed by atoms with E-state index >= 15 is 0 Å². The summed E-state index contributed by atoms with van der Waals surface area (Å²) in [7, 11) is 0. The molecule has 0 aliphatic carbocycles. The normalized spacial score (nSPS) is 21.2. The van der Waals surface area contributed by atoms with Gasteiger partial charge in [-0.25, -0.2) is 0 Å². The third-order valence-corrected chi connectivity index (χ3v) is 3.36. The highest BCUT2D eigenvalue weighted by atomic mass is 35.5. The van der Waals surface area contributed by atoms with Gasteiger partial charge in [0, 0.05) is 6.54 Å². The summed E-state index contributed by atoms with van der Waals surface area (Å²) >= 11 is 5.62. The predicted molar refractivity (Wildman–Crippen MR) is 65.6 cm³/mol. The first-order chi connectivity index (χ1) is 7.81. The third kappa shape index (κ3) is 2.63. The summed E-state index contributed by atoms with van der Waals surface area (Å²) < 4.78 is 0. The minimum atomic E-state index is 0.0395. The fourth-order valence-corrected chi connectivity index (χ4v) is 2.47. The lowest BCUT2D eigenvalue weighted by molar-refractivity contribution is -0.121. The molecule has 1 saturated heterocycles. The van der Waals surface area contributed by atoms with E-state index in [0.717, 1.165) is 25.9 Å². The van der Waals surface area contributed by atoms with E-state index in [1.807, 2.05) is 18.2 Å². The number of alkyl halides is 1. The Morgan fingerprint density at radius 2 is 2.12 bits per heavy atom. The molecule has 0 bridgehead atoms. The molecule has 86 valence electrons. The van der Waals surface area contributed by atoms with Crippen LogP contribution in [0.15, 0.2) is 30.3 Å². The average molecular weight is 238 g/mol. The second-order valence-electron chi connectivity index (χ2n) is 4.21. The quantitative estimate of drug-likeness (QED) is 0.750. The lowest BCUT2D eigenvalue weighted by Gasteiger charge is -2.22. The van der Waals surface area contributed by atoms with Crippen molar-refractivity contribution in [2.45, 2.75) is 25.4 Å². The van der Waals surface area contributed by atoms with E-state index in [0.29, 0.717) is 0 Å². The van der Waals surface area contributed by atoms with Crippen LogP contribution in [0.3, 0.4) is 0 Å². The molecule has 0 radical (unpaired) electrons. The van der Waals surface area contributed by atoms with E-state index in [1.165, 1.54) is 5.56 Å². The van der Waals surface area contributed by atoms with Crippen molar-refractivity contribution < 1.29 is 4.79 Å². The molecule has 1 unspecified atom stereocenters. The Kier molecular flexibility index (Phi) is 3.97. The average Bonchev–Trinajstić information content (AvgIpc) is 2.77. The summed E-state index contributed by atoms with van der Waals surface area (Å²) in [6.07, 6.45) is 2.05. The summed E-state index contributed by atoms with van der Waals surface area (Å²) in [5.74, 6) is 0.297. The van der Waals surface area contributed by atoms with Crippen LogP contribution in [0.2, 0.25) is 0 Å². The number of carbonyl (C=O) groups excluding carboxylic acids is 1. The molecule has 0 N–H and O–H groups in total. The van der Waals surface area contributed by atoms with Gasteiger partial charge in [-0.15, -0.1) is 11.6 Å². The number of ketones is 1. The zero-order valence-electron chi connectivity index (χ0n) is 9.23. The molecule has 1 heterocycles. The van der Waals surface area contributed by atoms with E-state index in [2.05, 4.69) is 17.0 Å². The molecule has 2 nitrogen and oxygen atoms in total. The third-order valence-electron chi connectivity index (χ3n) is 3.10. The van der Waals surface area contributed by atoms with Gasteiger partial charge in [-0.05, 0) is 24.9 Å². The summed E-state index contributed by atoms with van der Waals surface area (Å²) in [6, 6.07) is 10.3. The Bertz CT molecular complexity index is 352. The van der Waals surface area contributed by atoms with E-state index < -0.39 is 0 Å². The number of benzene rings is 1. The van der Waals surface area contributed by atoms with Crippen molar-refractivity contribution in [2.24, 2.45) is 0 Å². The van der Waals surface area contributed by atoms with E-state index in [4.69, 9.17) is 11.6 Å².